The van der Waals surface area contributed by atoms with Crippen molar-refractivity contribution < 1.29 is 20.4 Å². The number of nitrogens with zero attached hydrogens (tertiary/aromatic N) is 2. The van der Waals surface area contributed by atoms with Gasteiger partial charge in [0.1, 0.15) is 0 Å². The van der Waals surface area contributed by atoms with Gasteiger partial charge in [0.25, 0.3) is 0 Å². The van der Waals surface area contributed by atoms with Crippen LogP contribution in [0.25, 0.3) is 0 Å². The number of rotatable bonds is 20. The van der Waals surface area contributed by atoms with Gasteiger partial charge in [-0.05, 0) is 80.0 Å². The van der Waals surface area contributed by atoms with Crippen LogP contribution in [0, 0.1) is 0 Å². The molecule has 0 spiro atoms. The van der Waals surface area contributed by atoms with Crippen molar-refractivity contribution in [1.82, 2.24) is 0 Å². The first-order valence-electron chi connectivity index (χ1n) is 15.7. The summed E-state index contributed by atoms with van der Waals surface area (Å²) in [4.78, 5) is 10.4. The largest absolute Gasteiger partial charge is 0.251 e. The molecule has 0 heterocycles. The number of hydrogen-bond acceptors (Lipinski definition) is 2. The monoisotopic (exact) mass is 620 g/mol. The quantitative estimate of drug-likeness (QED) is 0.0799. The molecular weight excluding hydrogens is 567 g/mol. The van der Waals surface area contributed by atoms with Crippen molar-refractivity contribution in [2.24, 2.45) is 9.98 Å². The molecule has 0 saturated heterocycles. The van der Waals surface area contributed by atoms with E-state index in [1.165, 1.54) is 81.8 Å². The maximum absolute atomic E-state index is 5.27. The van der Waals surface area contributed by atoms with Crippen molar-refractivity contribution in [3.63, 3.8) is 0 Å². The van der Waals surface area contributed by atoms with Crippen molar-refractivity contribution in [1.29, 1.82) is 0 Å². The summed E-state index contributed by atoms with van der Waals surface area (Å²) in [5, 5.41) is 0. The Kier molecular flexibility index (Phi) is 20.7. The van der Waals surface area contributed by atoms with Crippen LogP contribution in [0.15, 0.2) is 70.7 Å². The second kappa shape index (κ2) is 22.9. The van der Waals surface area contributed by atoms with Crippen LogP contribution in [0.3, 0.4) is 0 Å². The number of aryl methyl sites for hydroxylation is 2. The molecule has 0 aliphatic carbocycles. The summed E-state index contributed by atoms with van der Waals surface area (Å²) in [5.41, 5.74) is 6.93. The molecule has 218 valence electrons. The molecule has 2 rings (SSSR count). The van der Waals surface area contributed by atoms with E-state index in [2.05, 4.69) is 88.4 Å². The number of unbranched alkanes of at least 4 members (excludes halogenated alkanes) is 11. The van der Waals surface area contributed by atoms with Gasteiger partial charge in [0, 0.05) is 20.4 Å². The SMILES string of the molecule is CCCCCCCCCC/C=C/C(=N\c1ccccc1)C(/CCCCCC)=N/c1cc(CC)cc(CC)c1.[Pd]. The van der Waals surface area contributed by atoms with Gasteiger partial charge in [0.15, 0.2) is 0 Å². The Balaban J connectivity index is 0.00000760. The van der Waals surface area contributed by atoms with Gasteiger partial charge in [-0.3, -0.25) is 4.99 Å². The number of benzene rings is 2. The summed E-state index contributed by atoms with van der Waals surface area (Å²) in [6, 6.07) is 17.2. The first kappa shape index (κ1) is 35.2. The third-order valence-electron chi connectivity index (χ3n) is 7.19. The Bertz CT molecular complexity index is 953. The van der Waals surface area contributed by atoms with Gasteiger partial charge in [-0.1, -0.05) is 122 Å². The standard InChI is InChI=1S/C36H54N2.Pd/c1-5-9-11-13-14-15-16-17-18-23-27-35(37-33-24-20-19-21-25-33)36(26-22-12-10-6-2)38-34-29-31(7-3)28-32(8-4)30-34;/h19-21,23-25,27-30H,5-18,22,26H2,1-4H3;/b27-23+,37-35+,38-36+;. The third kappa shape index (κ3) is 15.5. The predicted molar refractivity (Wildman–Crippen MR) is 171 cm³/mol. The van der Waals surface area contributed by atoms with Gasteiger partial charge in [-0.15, -0.1) is 0 Å². The van der Waals surface area contributed by atoms with Crippen LogP contribution < -0.4 is 0 Å². The summed E-state index contributed by atoms with van der Waals surface area (Å²) in [7, 11) is 0. The van der Waals surface area contributed by atoms with Crippen LogP contribution in [0.4, 0.5) is 11.4 Å². The van der Waals surface area contributed by atoms with E-state index < -0.39 is 0 Å². The molecule has 39 heavy (non-hydrogen) atoms. The van der Waals surface area contributed by atoms with Crippen LogP contribution >= 0.6 is 0 Å². The van der Waals surface area contributed by atoms with Crippen molar-refractivity contribution in [3.05, 3.63) is 71.8 Å². The van der Waals surface area contributed by atoms with E-state index in [0.29, 0.717) is 0 Å². The van der Waals surface area contributed by atoms with Gasteiger partial charge in [-0.2, -0.15) is 0 Å². The van der Waals surface area contributed by atoms with Crippen LogP contribution in [0.5, 0.6) is 0 Å². The molecule has 0 aliphatic rings. The Morgan fingerprint density at radius 3 is 1.77 bits per heavy atom. The number of hydrogen-bond donors (Lipinski definition) is 0. The van der Waals surface area contributed by atoms with E-state index >= 15 is 0 Å². The fraction of sp³-hybridized carbons (Fsp3) is 0.556. The van der Waals surface area contributed by atoms with Gasteiger partial charge in [0.2, 0.25) is 0 Å². The summed E-state index contributed by atoms with van der Waals surface area (Å²) in [5.74, 6) is 0. The second-order valence-electron chi connectivity index (χ2n) is 10.6. The molecule has 0 amide bonds. The molecule has 2 aromatic rings. The molecule has 0 aromatic heterocycles. The topological polar surface area (TPSA) is 24.7 Å². The van der Waals surface area contributed by atoms with Crippen molar-refractivity contribution in [3.8, 4) is 0 Å². The number of aliphatic imine (C=N–C) groups is 2. The van der Waals surface area contributed by atoms with Gasteiger partial charge in [-0.25, -0.2) is 4.99 Å². The normalized spacial score (nSPS) is 12.2. The Labute approximate surface area is 254 Å². The van der Waals surface area contributed by atoms with Gasteiger partial charge >= 0.3 is 0 Å². The molecule has 0 N–H and O–H groups in total. The van der Waals surface area contributed by atoms with E-state index in [1.54, 1.807) is 0 Å². The van der Waals surface area contributed by atoms with Gasteiger partial charge in [0.05, 0.1) is 22.8 Å². The molecule has 0 aliphatic heterocycles. The Morgan fingerprint density at radius 1 is 0.615 bits per heavy atom. The second-order valence-corrected chi connectivity index (χ2v) is 10.6. The molecule has 2 aromatic carbocycles. The zero-order chi connectivity index (χ0) is 27.3. The molecule has 2 nitrogen and oxygen atoms in total. The van der Waals surface area contributed by atoms with Crippen molar-refractivity contribution in [2.75, 3.05) is 0 Å². The summed E-state index contributed by atoms with van der Waals surface area (Å²) in [6.07, 6.45) is 24.5. The zero-order valence-electron chi connectivity index (χ0n) is 25.3. The molecule has 0 bridgehead atoms. The van der Waals surface area contributed by atoms with Gasteiger partial charge < -0.3 is 0 Å². The molecule has 0 saturated carbocycles. The summed E-state index contributed by atoms with van der Waals surface area (Å²) < 4.78 is 0. The zero-order valence-corrected chi connectivity index (χ0v) is 26.9. The molecule has 0 unspecified atom stereocenters. The maximum atomic E-state index is 5.27. The minimum atomic E-state index is 0. The van der Waals surface area contributed by atoms with Crippen LogP contribution in [0.1, 0.15) is 129 Å². The average molecular weight is 621 g/mol. The first-order valence-corrected chi connectivity index (χ1v) is 15.7. The molecular formula is C36H54N2Pd. The minimum Gasteiger partial charge on any atom is -0.251 e. The molecule has 0 atom stereocenters. The Hall–Kier alpha value is -1.82. The van der Waals surface area contributed by atoms with E-state index in [-0.39, 0.29) is 20.4 Å². The van der Waals surface area contributed by atoms with Crippen LogP contribution in [-0.4, -0.2) is 11.4 Å². The number of para-hydroxylation sites is 1. The fourth-order valence-electron chi connectivity index (χ4n) is 4.76. The van der Waals surface area contributed by atoms with E-state index in [0.717, 1.165) is 54.9 Å². The molecule has 3 heteroatoms. The average Bonchev–Trinajstić information content (AvgIpc) is 2.95. The number of allylic oxidation sites excluding steroid dienone is 2. The molecule has 0 fully saturated rings. The van der Waals surface area contributed by atoms with Crippen LogP contribution in [-0.2, 0) is 33.3 Å². The van der Waals surface area contributed by atoms with Crippen molar-refractivity contribution >= 4 is 22.8 Å². The van der Waals surface area contributed by atoms with E-state index in [9.17, 15) is 0 Å². The molecule has 0 radical (unpaired) electrons. The summed E-state index contributed by atoms with van der Waals surface area (Å²) in [6.45, 7) is 9.01. The smallest absolute Gasteiger partial charge is 0.0848 e. The predicted octanol–water partition coefficient (Wildman–Crippen LogP) is 11.7. The van der Waals surface area contributed by atoms with Crippen molar-refractivity contribution in [2.45, 2.75) is 130 Å². The first-order chi connectivity index (χ1) is 18.7. The van der Waals surface area contributed by atoms with E-state index in [4.69, 9.17) is 9.98 Å². The Morgan fingerprint density at radius 2 is 1.18 bits per heavy atom. The van der Waals surface area contributed by atoms with E-state index in [1.807, 2.05) is 0 Å². The fourth-order valence-corrected chi connectivity index (χ4v) is 4.76. The third-order valence-corrected chi connectivity index (χ3v) is 7.19. The summed E-state index contributed by atoms with van der Waals surface area (Å²) >= 11 is 0. The minimum absolute atomic E-state index is 0. The van der Waals surface area contributed by atoms with Crippen LogP contribution in [0.2, 0.25) is 0 Å². The maximum Gasteiger partial charge on any atom is 0.0848 e.